The first-order valence-corrected chi connectivity index (χ1v) is 9.69. The molecule has 0 aliphatic carbocycles. The van der Waals surface area contributed by atoms with Gasteiger partial charge in [0.15, 0.2) is 5.65 Å². The zero-order chi connectivity index (χ0) is 21.8. The Morgan fingerprint density at radius 3 is 2.81 bits per heavy atom. The molecular weight excluding hydrogens is 398 g/mol. The maximum absolute atomic E-state index is 11.6. The van der Waals surface area contributed by atoms with Crippen molar-refractivity contribution in [3.63, 3.8) is 0 Å². The minimum atomic E-state index is -0.250. The number of nitrogen functional groups attached to an aromatic ring is 1. The Hall–Kier alpha value is -4.21. The molecule has 31 heavy (non-hydrogen) atoms. The molecule has 3 aromatic heterocycles. The van der Waals surface area contributed by atoms with Gasteiger partial charge in [0.05, 0.1) is 11.7 Å². The fraction of sp³-hybridized carbons (Fsp3) is 0.190. The maximum Gasteiger partial charge on any atom is 0.290 e. The number of carbonyl (C=O) groups is 2. The van der Waals surface area contributed by atoms with Gasteiger partial charge in [-0.3, -0.25) is 14.6 Å². The van der Waals surface area contributed by atoms with Gasteiger partial charge in [0.2, 0.25) is 5.91 Å². The first-order chi connectivity index (χ1) is 15.1. The van der Waals surface area contributed by atoms with Gasteiger partial charge in [0.25, 0.3) is 6.47 Å². The lowest BCUT2D eigenvalue weighted by Gasteiger charge is -2.21. The highest BCUT2D eigenvalue weighted by atomic mass is 16.3. The molecule has 0 atom stereocenters. The van der Waals surface area contributed by atoms with E-state index in [2.05, 4.69) is 26.4 Å². The highest BCUT2D eigenvalue weighted by Gasteiger charge is 2.18. The predicted octanol–water partition coefficient (Wildman–Crippen LogP) is 1.55. The molecule has 158 valence electrons. The number of benzene rings is 1. The quantitative estimate of drug-likeness (QED) is 0.416. The van der Waals surface area contributed by atoms with Gasteiger partial charge in [-0.1, -0.05) is 18.2 Å². The van der Waals surface area contributed by atoms with Crippen LogP contribution in [-0.2, 0) is 9.59 Å². The minimum Gasteiger partial charge on any atom is -0.483 e. The van der Waals surface area contributed by atoms with Crippen LogP contribution in [0.4, 0.5) is 11.6 Å². The Kier molecular flexibility index (Phi) is 5.61. The minimum absolute atomic E-state index is 0.0591. The van der Waals surface area contributed by atoms with Crippen LogP contribution < -0.4 is 16.0 Å². The van der Waals surface area contributed by atoms with Gasteiger partial charge in [0, 0.05) is 54.8 Å². The molecule has 0 radical (unpaired) electrons. The van der Waals surface area contributed by atoms with Crippen LogP contribution in [0.15, 0.2) is 48.8 Å². The molecule has 0 bridgehead atoms. The molecule has 1 aliphatic heterocycles. The monoisotopic (exact) mass is 419 g/mol. The van der Waals surface area contributed by atoms with E-state index < -0.39 is 0 Å². The molecule has 0 saturated carbocycles. The van der Waals surface area contributed by atoms with E-state index in [1.165, 1.54) is 0 Å². The number of aromatic nitrogens is 4. The van der Waals surface area contributed by atoms with Crippen LogP contribution in [0.1, 0.15) is 6.42 Å². The summed E-state index contributed by atoms with van der Waals surface area (Å²) >= 11 is 0. The van der Waals surface area contributed by atoms with Crippen molar-refractivity contribution in [2.24, 2.45) is 0 Å². The summed E-state index contributed by atoms with van der Waals surface area (Å²) in [6, 6.07) is 11.9. The number of anilines is 2. The second-order valence-electron chi connectivity index (χ2n) is 6.94. The van der Waals surface area contributed by atoms with Crippen LogP contribution in [0.3, 0.4) is 0 Å². The van der Waals surface area contributed by atoms with Gasteiger partial charge >= 0.3 is 0 Å². The first kappa shape index (κ1) is 20.1. The molecule has 10 nitrogen and oxygen atoms in total. The zero-order valence-electron chi connectivity index (χ0n) is 16.6. The van der Waals surface area contributed by atoms with E-state index in [-0.39, 0.29) is 12.4 Å². The largest absolute Gasteiger partial charge is 0.483 e. The fourth-order valence-electron chi connectivity index (χ4n) is 3.55. The molecule has 0 spiro atoms. The van der Waals surface area contributed by atoms with Crippen LogP contribution in [-0.4, -0.2) is 56.7 Å². The third-order valence-electron chi connectivity index (χ3n) is 5.02. The Balaban J connectivity index is 0.000000730. The van der Waals surface area contributed by atoms with Gasteiger partial charge in [-0.05, 0) is 12.1 Å². The zero-order valence-corrected chi connectivity index (χ0v) is 16.6. The fourth-order valence-corrected chi connectivity index (χ4v) is 3.55. The summed E-state index contributed by atoms with van der Waals surface area (Å²) in [5.74, 6) is 1.31. The van der Waals surface area contributed by atoms with Crippen molar-refractivity contribution in [2.45, 2.75) is 6.42 Å². The van der Waals surface area contributed by atoms with E-state index in [1.807, 2.05) is 30.5 Å². The van der Waals surface area contributed by atoms with E-state index in [9.17, 15) is 4.79 Å². The topological polar surface area (TPSA) is 139 Å². The third kappa shape index (κ3) is 4.08. The third-order valence-corrected chi connectivity index (χ3v) is 5.02. The number of carboxylic acid groups (broad SMARTS) is 1. The molecular formula is C21H21N7O3. The van der Waals surface area contributed by atoms with Crippen LogP contribution in [0.5, 0.6) is 0 Å². The van der Waals surface area contributed by atoms with E-state index >= 15 is 0 Å². The highest BCUT2D eigenvalue weighted by Crippen LogP contribution is 2.28. The van der Waals surface area contributed by atoms with E-state index in [4.69, 9.17) is 20.6 Å². The van der Waals surface area contributed by atoms with Gasteiger partial charge < -0.3 is 21.1 Å². The SMILES string of the molecule is Nc1cc(N2CCNC(=O)CC2)nc2c(-c3cnc4ccccc4c3)cnn12.O=CO. The molecule has 4 N–H and O–H groups in total. The summed E-state index contributed by atoms with van der Waals surface area (Å²) in [7, 11) is 0. The number of hydrogen-bond donors (Lipinski definition) is 3. The number of fused-ring (bicyclic) bond motifs is 2. The first-order valence-electron chi connectivity index (χ1n) is 9.69. The summed E-state index contributed by atoms with van der Waals surface area (Å²) < 4.78 is 1.63. The number of hydrogen-bond acceptors (Lipinski definition) is 7. The van der Waals surface area contributed by atoms with Crippen LogP contribution in [0, 0.1) is 0 Å². The molecule has 1 amide bonds. The Morgan fingerprint density at radius 1 is 1.16 bits per heavy atom. The van der Waals surface area contributed by atoms with Crippen molar-refractivity contribution < 1.29 is 14.7 Å². The van der Waals surface area contributed by atoms with Gasteiger partial charge in [-0.15, -0.1) is 0 Å². The van der Waals surface area contributed by atoms with E-state index in [0.29, 0.717) is 37.5 Å². The van der Waals surface area contributed by atoms with Crippen LogP contribution in [0.25, 0.3) is 27.7 Å². The molecule has 1 fully saturated rings. The van der Waals surface area contributed by atoms with Gasteiger partial charge in [-0.2, -0.15) is 9.61 Å². The number of para-hydroxylation sites is 1. The van der Waals surface area contributed by atoms with E-state index in [1.54, 1.807) is 16.8 Å². The normalized spacial score (nSPS) is 13.9. The molecule has 4 heterocycles. The number of amides is 1. The van der Waals surface area contributed by atoms with Crippen molar-refractivity contribution in [2.75, 3.05) is 30.3 Å². The predicted molar refractivity (Wildman–Crippen MR) is 117 cm³/mol. The van der Waals surface area contributed by atoms with Crippen LogP contribution >= 0.6 is 0 Å². The van der Waals surface area contributed by atoms with Crippen molar-refractivity contribution in [1.82, 2.24) is 24.9 Å². The second-order valence-corrected chi connectivity index (χ2v) is 6.94. The molecule has 10 heteroatoms. The summed E-state index contributed by atoms with van der Waals surface area (Å²) in [5.41, 5.74) is 9.67. The van der Waals surface area contributed by atoms with Crippen molar-refractivity contribution in [3.8, 4) is 11.1 Å². The summed E-state index contributed by atoms with van der Waals surface area (Å²) in [6.07, 6.45) is 4.04. The molecule has 0 unspecified atom stereocenters. The number of nitrogens with two attached hydrogens (primary N) is 1. The summed E-state index contributed by atoms with van der Waals surface area (Å²) in [4.78, 5) is 31.4. The lowest BCUT2D eigenvalue weighted by Crippen LogP contribution is -2.29. The highest BCUT2D eigenvalue weighted by molar-refractivity contribution is 5.87. The molecule has 4 aromatic rings. The van der Waals surface area contributed by atoms with Gasteiger partial charge in [-0.25, -0.2) is 4.98 Å². The molecule has 1 aromatic carbocycles. The van der Waals surface area contributed by atoms with Crippen molar-refractivity contribution >= 4 is 40.6 Å². The molecule has 5 rings (SSSR count). The standard InChI is InChI=1S/C20H19N7O.CH2O2/c21-17-10-18(26-7-5-19(28)22-6-8-26)25-20-15(12-24-27(17)20)14-9-13-3-1-2-4-16(13)23-11-14;2-1-3/h1-4,9-12H,5-8,21H2,(H,22,28);1H,(H,2,3). The summed E-state index contributed by atoms with van der Waals surface area (Å²) in [6.45, 7) is 1.64. The molecule has 1 saturated heterocycles. The summed E-state index contributed by atoms with van der Waals surface area (Å²) in [5, 5.41) is 15.2. The average molecular weight is 419 g/mol. The lowest BCUT2D eigenvalue weighted by molar-refractivity contribution is -0.123. The van der Waals surface area contributed by atoms with Crippen molar-refractivity contribution in [1.29, 1.82) is 0 Å². The number of carbonyl (C=O) groups excluding carboxylic acids is 1. The van der Waals surface area contributed by atoms with Gasteiger partial charge in [0.1, 0.15) is 11.6 Å². The lowest BCUT2D eigenvalue weighted by atomic mass is 10.1. The Labute approximate surface area is 177 Å². The average Bonchev–Trinajstić information content (AvgIpc) is 3.09. The Morgan fingerprint density at radius 2 is 1.97 bits per heavy atom. The number of pyridine rings is 1. The second kappa shape index (κ2) is 8.66. The Bertz CT molecular complexity index is 1250. The van der Waals surface area contributed by atoms with Crippen molar-refractivity contribution in [3.05, 3.63) is 48.8 Å². The number of rotatable bonds is 2. The number of nitrogens with zero attached hydrogens (tertiary/aromatic N) is 5. The van der Waals surface area contributed by atoms with Crippen LogP contribution in [0.2, 0.25) is 0 Å². The maximum atomic E-state index is 11.6. The van der Waals surface area contributed by atoms with E-state index in [0.717, 1.165) is 27.8 Å². The number of nitrogens with one attached hydrogen (secondary N) is 1. The smallest absolute Gasteiger partial charge is 0.290 e. The molecule has 1 aliphatic rings.